The Labute approximate surface area is 64.2 Å². The van der Waals surface area contributed by atoms with Gasteiger partial charge in [0.2, 0.25) is 5.91 Å². The van der Waals surface area contributed by atoms with Gasteiger partial charge in [-0.15, -0.1) is 6.58 Å². The third-order valence-corrected chi connectivity index (χ3v) is 0.798. The molecule has 0 aliphatic carbocycles. The number of hydrogen-bond acceptors (Lipinski definition) is 2. The molecule has 60 valence electrons. The minimum absolute atomic E-state index is 0.336. The molecule has 0 bridgehead atoms. The number of nitrogens with one attached hydrogen (secondary N) is 1. The zero-order valence-corrected chi connectivity index (χ0v) is 5.91. The number of carboxylic acid groups (broad SMARTS) is 1. The number of carbonyl (C=O) groups excluding carboxylic acids is 1. The first-order chi connectivity index (χ1) is 5.16. The van der Waals surface area contributed by atoms with Crippen molar-refractivity contribution in [2.24, 2.45) is 0 Å². The van der Waals surface area contributed by atoms with Gasteiger partial charge in [0.25, 0.3) is 0 Å². The molecular formula is C7H9NO3. The fourth-order valence-electron chi connectivity index (χ4n) is 0.379. The molecule has 0 aromatic rings. The van der Waals surface area contributed by atoms with Gasteiger partial charge in [0.1, 0.15) is 0 Å². The van der Waals surface area contributed by atoms with E-state index >= 15 is 0 Å². The van der Waals surface area contributed by atoms with Gasteiger partial charge in [0, 0.05) is 18.7 Å². The number of carbonyl (C=O) groups is 2. The minimum Gasteiger partial charge on any atom is -0.478 e. The topological polar surface area (TPSA) is 66.4 Å². The van der Waals surface area contributed by atoms with E-state index in [1.54, 1.807) is 0 Å². The predicted octanol–water partition coefficient (Wildman–Crippen LogP) is -0.0706. The standard InChI is InChI=1S/C7H9NO3/c1-2-5-8-6(9)3-4-7(10)11/h2-4H,1,5H2,(H,8,9)(H,10,11)/b4-3+. The fraction of sp³-hybridized carbons (Fsp3) is 0.143. The predicted molar refractivity (Wildman–Crippen MR) is 40.0 cm³/mol. The highest BCUT2D eigenvalue weighted by Crippen LogP contribution is 1.73. The van der Waals surface area contributed by atoms with E-state index in [4.69, 9.17) is 5.11 Å². The summed E-state index contributed by atoms with van der Waals surface area (Å²) in [6.45, 7) is 3.71. The van der Waals surface area contributed by atoms with E-state index in [-0.39, 0.29) is 0 Å². The van der Waals surface area contributed by atoms with Gasteiger partial charge in [0.15, 0.2) is 0 Å². The number of rotatable bonds is 4. The average Bonchev–Trinajstić information content (AvgIpc) is 1.97. The summed E-state index contributed by atoms with van der Waals surface area (Å²) in [5.74, 6) is -1.58. The van der Waals surface area contributed by atoms with E-state index in [2.05, 4.69) is 11.9 Å². The number of hydrogen-bond donors (Lipinski definition) is 2. The lowest BCUT2D eigenvalue weighted by Gasteiger charge is -1.93. The van der Waals surface area contributed by atoms with Crippen LogP contribution in [0.1, 0.15) is 0 Å². The van der Waals surface area contributed by atoms with E-state index in [9.17, 15) is 9.59 Å². The molecule has 0 atom stereocenters. The summed E-state index contributed by atoms with van der Waals surface area (Å²) in [4.78, 5) is 20.5. The van der Waals surface area contributed by atoms with Crippen molar-refractivity contribution in [1.82, 2.24) is 5.32 Å². The van der Waals surface area contributed by atoms with Crippen LogP contribution in [0.25, 0.3) is 0 Å². The summed E-state index contributed by atoms with van der Waals surface area (Å²) < 4.78 is 0. The molecule has 0 radical (unpaired) electrons. The van der Waals surface area contributed by atoms with Gasteiger partial charge < -0.3 is 10.4 Å². The molecule has 0 saturated carbocycles. The molecule has 0 heterocycles. The zero-order valence-electron chi connectivity index (χ0n) is 5.91. The van der Waals surface area contributed by atoms with Crippen molar-refractivity contribution >= 4 is 11.9 Å². The van der Waals surface area contributed by atoms with Crippen LogP contribution < -0.4 is 5.32 Å². The molecule has 0 rings (SSSR count). The average molecular weight is 155 g/mol. The van der Waals surface area contributed by atoms with E-state index in [0.717, 1.165) is 12.2 Å². The van der Waals surface area contributed by atoms with Gasteiger partial charge in [-0.05, 0) is 0 Å². The van der Waals surface area contributed by atoms with Crippen LogP contribution in [-0.2, 0) is 9.59 Å². The fourth-order valence-corrected chi connectivity index (χ4v) is 0.379. The lowest BCUT2D eigenvalue weighted by Crippen LogP contribution is -2.20. The van der Waals surface area contributed by atoms with Crippen molar-refractivity contribution in [1.29, 1.82) is 0 Å². The second-order valence-electron chi connectivity index (χ2n) is 1.71. The summed E-state index contributed by atoms with van der Waals surface area (Å²) in [6.07, 6.45) is 3.23. The molecule has 11 heavy (non-hydrogen) atoms. The van der Waals surface area contributed by atoms with Crippen molar-refractivity contribution < 1.29 is 14.7 Å². The summed E-state index contributed by atoms with van der Waals surface area (Å²) in [7, 11) is 0. The summed E-state index contributed by atoms with van der Waals surface area (Å²) in [6, 6.07) is 0. The van der Waals surface area contributed by atoms with Gasteiger partial charge in [-0.3, -0.25) is 4.79 Å². The van der Waals surface area contributed by atoms with Crippen molar-refractivity contribution in [3.8, 4) is 0 Å². The molecule has 0 spiro atoms. The Bertz CT molecular complexity index is 196. The Hall–Kier alpha value is -1.58. The van der Waals surface area contributed by atoms with Gasteiger partial charge in [0.05, 0.1) is 0 Å². The molecule has 4 heteroatoms. The number of aliphatic carboxylic acids is 1. The second-order valence-corrected chi connectivity index (χ2v) is 1.71. The largest absolute Gasteiger partial charge is 0.478 e. The first-order valence-corrected chi connectivity index (χ1v) is 2.96. The molecule has 0 aliphatic rings. The first kappa shape index (κ1) is 9.42. The maximum atomic E-state index is 10.6. The molecule has 1 amide bonds. The number of amides is 1. The highest BCUT2D eigenvalue weighted by molar-refractivity contribution is 5.93. The Kier molecular flexibility index (Phi) is 4.47. The molecule has 0 fully saturated rings. The Balaban J connectivity index is 3.68. The normalized spacial score (nSPS) is 9.45. The van der Waals surface area contributed by atoms with Crippen LogP contribution in [0.2, 0.25) is 0 Å². The molecule has 0 unspecified atom stereocenters. The van der Waals surface area contributed by atoms with Crippen LogP contribution in [0.4, 0.5) is 0 Å². The Morgan fingerprint density at radius 2 is 2.09 bits per heavy atom. The maximum Gasteiger partial charge on any atom is 0.328 e. The van der Waals surface area contributed by atoms with Crippen LogP contribution in [-0.4, -0.2) is 23.5 Å². The minimum atomic E-state index is -1.14. The van der Waals surface area contributed by atoms with Crippen molar-refractivity contribution in [2.45, 2.75) is 0 Å². The van der Waals surface area contributed by atoms with E-state index in [1.807, 2.05) is 0 Å². The van der Waals surface area contributed by atoms with Crippen molar-refractivity contribution in [2.75, 3.05) is 6.54 Å². The third kappa shape index (κ3) is 6.30. The maximum absolute atomic E-state index is 10.6. The quantitative estimate of drug-likeness (QED) is 0.441. The van der Waals surface area contributed by atoms with E-state index in [1.165, 1.54) is 6.08 Å². The monoisotopic (exact) mass is 155 g/mol. The van der Waals surface area contributed by atoms with Crippen molar-refractivity contribution in [3.63, 3.8) is 0 Å². The Morgan fingerprint density at radius 3 is 2.55 bits per heavy atom. The van der Waals surface area contributed by atoms with Gasteiger partial charge >= 0.3 is 5.97 Å². The molecule has 0 aromatic carbocycles. The molecule has 4 nitrogen and oxygen atoms in total. The molecule has 0 aliphatic heterocycles. The van der Waals surface area contributed by atoms with Gasteiger partial charge in [-0.25, -0.2) is 4.79 Å². The summed E-state index contributed by atoms with van der Waals surface area (Å²) >= 11 is 0. The van der Waals surface area contributed by atoms with Crippen LogP contribution in [0.3, 0.4) is 0 Å². The van der Waals surface area contributed by atoms with Gasteiger partial charge in [-0.2, -0.15) is 0 Å². The van der Waals surface area contributed by atoms with Gasteiger partial charge in [-0.1, -0.05) is 6.08 Å². The van der Waals surface area contributed by atoms with Crippen LogP contribution in [0.15, 0.2) is 24.8 Å². The molecular weight excluding hydrogens is 146 g/mol. The SMILES string of the molecule is C=CCNC(=O)/C=C/C(=O)O. The van der Waals surface area contributed by atoms with Crippen LogP contribution >= 0.6 is 0 Å². The van der Waals surface area contributed by atoms with Crippen LogP contribution in [0.5, 0.6) is 0 Å². The second kappa shape index (κ2) is 5.22. The smallest absolute Gasteiger partial charge is 0.328 e. The Morgan fingerprint density at radius 1 is 1.45 bits per heavy atom. The zero-order chi connectivity index (χ0) is 8.69. The third-order valence-electron chi connectivity index (χ3n) is 0.798. The molecule has 0 saturated heterocycles. The van der Waals surface area contributed by atoms with E-state index < -0.39 is 11.9 Å². The number of carboxylic acids is 1. The molecule has 2 N–H and O–H groups in total. The van der Waals surface area contributed by atoms with Crippen molar-refractivity contribution in [3.05, 3.63) is 24.8 Å². The highest BCUT2D eigenvalue weighted by Gasteiger charge is 1.92. The molecule has 0 aromatic heterocycles. The highest BCUT2D eigenvalue weighted by atomic mass is 16.4. The summed E-state index contributed by atoms with van der Waals surface area (Å²) in [5, 5.41) is 10.5. The summed E-state index contributed by atoms with van der Waals surface area (Å²) in [5.41, 5.74) is 0. The lowest BCUT2D eigenvalue weighted by atomic mass is 10.4. The van der Waals surface area contributed by atoms with Crippen LogP contribution in [0, 0.1) is 0 Å². The van der Waals surface area contributed by atoms with E-state index in [0.29, 0.717) is 6.54 Å². The first-order valence-electron chi connectivity index (χ1n) is 2.96. The lowest BCUT2D eigenvalue weighted by molar-refractivity contribution is -0.131.